The standard InChI is InChI=1S/C9H8Cl2N2O2/c1-5(9(14)15)12-13-8-4-6(10)2-3-7(8)11/h2-4,13H,1H3,(H,14,15). The molecule has 0 spiro atoms. The Morgan fingerprint density at radius 2 is 2.13 bits per heavy atom. The maximum Gasteiger partial charge on any atom is 0.351 e. The summed E-state index contributed by atoms with van der Waals surface area (Å²) in [7, 11) is 0. The van der Waals surface area contributed by atoms with Crippen molar-refractivity contribution in [2.75, 3.05) is 5.43 Å². The third kappa shape index (κ3) is 3.42. The van der Waals surface area contributed by atoms with E-state index in [2.05, 4.69) is 10.5 Å². The van der Waals surface area contributed by atoms with E-state index in [0.717, 1.165) is 0 Å². The summed E-state index contributed by atoms with van der Waals surface area (Å²) < 4.78 is 0. The number of carboxylic acids is 1. The van der Waals surface area contributed by atoms with E-state index in [1.54, 1.807) is 18.2 Å². The quantitative estimate of drug-likeness (QED) is 0.637. The Balaban J connectivity index is 2.86. The number of nitrogens with zero attached hydrogens (tertiary/aromatic N) is 1. The van der Waals surface area contributed by atoms with E-state index in [-0.39, 0.29) is 5.71 Å². The predicted molar refractivity (Wildman–Crippen MR) is 60.8 cm³/mol. The third-order valence-electron chi connectivity index (χ3n) is 1.58. The van der Waals surface area contributed by atoms with Crippen LogP contribution in [0.15, 0.2) is 23.3 Å². The molecule has 1 aromatic carbocycles. The molecule has 0 unspecified atom stereocenters. The molecular formula is C9H8Cl2N2O2. The van der Waals surface area contributed by atoms with Crippen molar-refractivity contribution in [3.63, 3.8) is 0 Å². The number of carboxylic acid groups (broad SMARTS) is 1. The first kappa shape index (κ1) is 11.8. The van der Waals surface area contributed by atoms with Crippen LogP contribution in [0.3, 0.4) is 0 Å². The molecule has 0 fully saturated rings. The van der Waals surface area contributed by atoms with E-state index < -0.39 is 5.97 Å². The zero-order valence-corrected chi connectivity index (χ0v) is 9.30. The second-order valence-corrected chi connectivity index (χ2v) is 3.58. The molecule has 80 valence electrons. The van der Waals surface area contributed by atoms with Crippen molar-refractivity contribution in [2.45, 2.75) is 6.92 Å². The number of halogens is 2. The zero-order valence-electron chi connectivity index (χ0n) is 7.79. The minimum Gasteiger partial charge on any atom is -0.477 e. The number of benzene rings is 1. The Labute approximate surface area is 96.5 Å². The van der Waals surface area contributed by atoms with Crippen LogP contribution in [-0.2, 0) is 4.79 Å². The molecule has 0 heterocycles. The number of aliphatic carboxylic acids is 1. The van der Waals surface area contributed by atoms with Gasteiger partial charge < -0.3 is 5.11 Å². The summed E-state index contributed by atoms with van der Waals surface area (Å²) in [6, 6.07) is 4.78. The fraction of sp³-hybridized carbons (Fsp3) is 0.111. The largest absolute Gasteiger partial charge is 0.477 e. The molecule has 15 heavy (non-hydrogen) atoms. The molecule has 0 aliphatic rings. The Hall–Kier alpha value is -1.26. The highest BCUT2D eigenvalue weighted by atomic mass is 35.5. The van der Waals surface area contributed by atoms with Gasteiger partial charge in [0.05, 0.1) is 10.7 Å². The summed E-state index contributed by atoms with van der Waals surface area (Å²) in [4.78, 5) is 10.4. The van der Waals surface area contributed by atoms with Crippen molar-refractivity contribution in [2.24, 2.45) is 5.10 Å². The topological polar surface area (TPSA) is 61.7 Å². The molecule has 0 amide bonds. The van der Waals surface area contributed by atoms with Crippen LogP contribution >= 0.6 is 23.2 Å². The normalized spacial score (nSPS) is 11.3. The van der Waals surface area contributed by atoms with Gasteiger partial charge in [0.2, 0.25) is 0 Å². The lowest BCUT2D eigenvalue weighted by atomic mass is 10.3. The van der Waals surface area contributed by atoms with Gasteiger partial charge in [0, 0.05) is 5.02 Å². The fourth-order valence-electron chi connectivity index (χ4n) is 0.775. The number of hydrogen-bond donors (Lipinski definition) is 2. The van der Waals surface area contributed by atoms with Crippen LogP contribution in [0.1, 0.15) is 6.92 Å². The van der Waals surface area contributed by atoms with Gasteiger partial charge in [-0.25, -0.2) is 4.79 Å². The molecule has 6 heteroatoms. The average molecular weight is 247 g/mol. The van der Waals surface area contributed by atoms with Crippen LogP contribution in [0.5, 0.6) is 0 Å². The maximum atomic E-state index is 10.4. The second-order valence-electron chi connectivity index (χ2n) is 2.74. The number of rotatable bonds is 3. The van der Waals surface area contributed by atoms with Crippen LogP contribution < -0.4 is 5.43 Å². The number of anilines is 1. The minimum absolute atomic E-state index is 0.0638. The molecule has 0 saturated heterocycles. The van der Waals surface area contributed by atoms with Crippen molar-refractivity contribution < 1.29 is 9.90 Å². The van der Waals surface area contributed by atoms with Gasteiger partial charge in [0.25, 0.3) is 0 Å². The van der Waals surface area contributed by atoms with Crippen molar-refractivity contribution in [3.8, 4) is 0 Å². The average Bonchev–Trinajstić information content (AvgIpc) is 2.18. The van der Waals surface area contributed by atoms with Crippen LogP contribution in [0, 0.1) is 0 Å². The van der Waals surface area contributed by atoms with Crippen LogP contribution in [0.2, 0.25) is 10.0 Å². The van der Waals surface area contributed by atoms with Crippen LogP contribution in [0.4, 0.5) is 5.69 Å². The van der Waals surface area contributed by atoms with Gasteiger partial charge in [-0.15, -0.1) is 0 Å². The third-order valence-corrected chi connectivity index (χ3v) is 2.15. The van der Waals surface area contributed by atoms with E-state index in [4.69, 9.17) is 28.3 Å². The van der Waals surface area contributed by atoms with Crippen molar-refractivity contribution >= 4 is 40.6 Å². The molecule has 0 bridgehead atoms. The highest BCUT2D eigenvalue weighted by Gasteiger charge is 2.03. The molecule has 0 aliphatic carbocycles. The summed E-state index contributed by atoms with van der Waals surface area (Å²) >= 11 is 11.6. The molecule has 0 radical (unpaired) electrons. The molecule has 0 aromatic heterocycles. The number of hydrazone groups is 1. The molecule has 0 saturated carbocycles. The summed E-state index contributed by atoms with van der Waals surface area (Å²) in [6.45, 7) is 1.37. The van der Waals surface area contributed by atoms with E-state index in [9.17, 15) is 4.79 Å². The maximum absolute atomic E-state index is 10.4. The lowest BCUT2D eigenvalue weighted by Crippen LogP contribution is -2.10. The number of carbonyl (C=O) groups is 1. The Bertz CT molecular complexity index is 419. The van der Waals surface area contributed by atoms with Crippen molar-refractivity contribution in [1.29, 1.82) is 0 Å². The van der Waals surface area contributed by atoms with Crippen LogP contribution in [-0.4, -0.2) is 16.8 Å². The monoisotopic (exact) mass is 246 g/mol. The lowest BCUT2D eigenvalue weighted by Gasteiger charge is -2.03. The van der Waals surface area contributed by atoms with Crippen LogP contribution in [0.25, 0.3) is 0 Å². The van der Waals surface area contributed by atoms with Gasteiger partial charge in [-0.2, -0.15) is 5.10 Å². The molecule has 1 aromatic rings. The van der Waals surface area contributed by atoms with Crippen molar-refractivity contribution in [3.05, 3.63) is 28.2 Å². The fourth-order valence-corrected chi connectivity index (χ4v) is 1.11. The van der Waals surface area contributed by atoms with Gasteiger partial charge in [0.1, 0.15) is 5.71 Å². The second kappa shape index (κ2) is 5.00. The van der Waals surface area contributed by atoms with E-state index >= 15 is 0 Å². The van der Waals surface area contributed by atoms with Gasteiger partial charge in [-0.1, -0.05) is 23.2 Å². The Kier molecular flexibility index (Phi) is 3.94. The Morgan fingerprint density at radius 3 is 2.73 bits per heavy atom. The SMILES string of the molecule is CC(=NNc1cc(Cl)ccc1Cl)C(=O)O. The minimum atomic E-state index is -1.10. The van der Waals surface area contributed by atoms with Crippen molar-refractivity contribution in [1.82, 2.24) is 0 Å². The summed E-state index contributed by atoms with van der Waals surface area (Å²) in [5, 5.41) is 13.1. The zero-order chi connectivity index (χ0) is 11.4. The highest BCUT2D eigenvalue weighted by Crippen LogP contribution is 2.25. The number of hydrogen-bond acceptors (Lipinski definition) is 3. The summed E-state index contributed by atoms with van der Waals surface area (Å²) in [5.41, 5.74) is 2.92. The molecule has 4 nitrogen and oxygen atoms in total. The van der Waals surface area contributed by atoms with E-state index in [0.29, 0.717) is 15.7 Å². The first-order valence-corrected chi connectivity index (χ1v) is 4.75. The summed E-state index contributed by atoms with van der Waals surface area (Å²) in [6.07, 6.45) is 0. The first-order chi connectivity index (χ1) is 7.00. The number of nitrogens with one attached hydrogen (secondary N) is 1. The molecule has 2 N–H and O–H groups in total. The van der Waals surface area contributed by atoms with Gasteiger partial charge >= 0.3 is 5.97 Å². The van der Waals surface area contributed by atoms with E-state index in [1.165, 1.54) is 6.92 Å². The molecule has 1 rings (SSSR count). The molecule has 0 aliphatic heterocycles. The Morgan fingerprint density at radius 1 is 1.47 bits per heavy atom. The van der Waals surface area contributed by atoms with E-state index in [1.807, 2.05) is 0 Å². The van der Waals surface area contributed by atoms with Gasteiger partial charge in [-0.3, -0.25) is 5.43 Å². The van der Waals surface area contributed by atoms with Gasteiger partial charge in [0.15, 0.2) is 0 Å². The first-order valence-electron chi connectivity index (χ1n) is 3.99. The smallest absolute Gasteiger partial charge is 0.351 e. The lowest BCUT2D eigenvalue weighted by molar-refractivity contribution is -0.129. The molecular weight excluding hydrogens is 239 g/mol. The predicted octanol–water partition coefficient (Wildman–Crippen LogP) is 2.87. The highest BCUT2D eigenvalue weighted by molar-refractivity contribution is 6.36. The summed E-state index contributed by atoms with van der Waals surface area (Å²) in [5.74, 6) is -1.10. The van der Waals surface area contributed by atoms with Gasteiger partial charge in [-0.05, 0) is 25.1 Å². The molecule has 0 atom stereocenters.